The Kier molecular flexibility index (Phi) is 6.88. The number of methoxy groups -OCH3 is 1. The van der Waals surface area contributed by atoms with E-state index in [2.05, 4.69) is 15.0 Å². The van der Waals surface area contributed by atoms with Crippen LogP contribution in [0.1, 0.15) is 28.7 Å². The molecule has 4 rings (SSSR count). The van der Waals surface area contributed by atoms with E-state index in [1.54, 1.807) is 32.6 Å². The average Bonchev–Trinajstić information content (AvgIpc) is 2.88. The molecule has 0 atom stereocenters. The van der Waals surface area contributed by atoms with Crippen LogP contribution >= 0.6 is 0 Å². The minimum atomic E-state index is -3.15. The number of ether oxygens (including phenoxy) is 2. The van der Waals surface area contributed by atoms with E-state index >= 15 is 0 Å². The van der Waals surface area contributed by atoms with Crippen LogP contribution in [0.3, 0.4) is 0 Å². The number of aromatic nitrogens is 4. The molecule has 1 amide bonds. The van der Waals surface area contributed by atoms with Crippen molar-refractivity contribution in [2.24, 2.45) is 0 Å². The van der Waals surface area contributed by atoms with Crippen LogP contribution in [0.25, 0.3) is 11.3 Å². The molecule has 0 radical (unpaired) electrons. The summed E-state index contributed by atoms with van der Waals surface area (Å²) < 4.78 is 38.2. The van der Waals surface area contributed by atoms with Gasteiger partial charge >= 0.3 is 0 Å². The molecule has 11 heteroatoms. The molecule has 1 aliphatic rings. The first-order chi connectivity index (χ1) is 16.7. The van der Waals surface area contributed by atoms with Gasteiger partial charge in [0.2, 0.25) is 0 Å². The Labute approximate surface area is 201 Å². The summed E-state index contributed by atoms with van der Waals surface area (Å²) >= 11 is 0. The fourth-order valence-electron chi connectivity index (χ4n) is 3.70. The predicted octanol–water partition coefficient (Wildman–Crippen LogP) is 3.48. The highest BCUT2D eigenvalue weighted by molar-refractivity contribution is 6.06. The molecule has 35 heavy (non-hydrogen) atoms. The van der Waals surface area contributed by atoms with Crippen LogP contribution in [-0.2, 0) is 10.7 Å². The maximum Gasteiger partial charge on any atom is 0.286 e. The SMILES string of the molecule is COc1ncc(-c2cc(N(C)C(=O)c3ccnc(C(C)(F)F)c3)cnc2C)nc1N1CCOCC1. The summed E-state index contributed by atoms with van der Waals surface area (Å²) in [7, 11) is 3.10. The fourth-order valence-corrected chi connectivity index (χ4v) is 3.70. The third-order valence-corrected chi connectivity index (χ3v) is 5.72. The molecule has 9 nitrogen and oxygen atoms in total. The van der Waals surface area contributed by atoms with E-state index in [1.165, 1.54) is 17.2 Å². The number of carbonyl (C=O) groups is 1. The Bertz CT molecular complexity index is 1230. The zero-order valence-corrected chi connectivity index (χ0v) is 20.0. The molecule has 0 aliphatic carbocycles. The van der Waals surface area contributed by atoms with Crippen LogP contribution in [0.5, 0.6) is 5.88 Å². The van der Waals surface area contributed by atoms with Crippen molar-refractivity contribution in [1.29, 1.82) is 0 Å². The maximum absolute atomic E-state index is 13.7. The van der Waals surface area contributed by atoms with Crippen LogP contribution in [0.4, 0.5) is 20.3 Å². The van der Waals surface area contributed by atoms with Crippen molar-refractivity contribution in [3.63, 3.8) is 0 Å². The lowest BCUT2D eigenvalue weighted by atomic mass is 10.1. The summed E-state index contributed by atoms with van der Waals surface area (Å²) in [4.78, 5) is 33.8. The van der Waals surface area contributed by atoms with Crippen molar-refractivity contribution in [3.05, 3.63) is 53.7 Å². The lowest BCUT2D eigenvalue weighted by Crippen LogP contribution is -2.37. The number of anilines is 2. The van der Waals surface area contributed by atoms with Crippen molar-refractivity contribution in [2.45, 2.75) is 19.8 Å². The lowest BCUT2D eigenvalue weighted by molar-refractivity contribution is 0.0127. The van der Waals surface area contributed by atoms with Gasteiger partial charge in [-0.15, -0.1) is 0 Å². The molecule has 0 aromatic carbocycles. The van der Waals surface area contributed by atoms with Gasteiger partial charge in [-0.3, -0.25) is 14.8 Å². The standard InChI is InChI=1S/C24H26F2N6O3/c1-15-18(19-14-29-22(34-4)21(30-19)32-7-9-35-10-8-32)12-17(13-28-15)31(3)23(33)16-5-6-27-20(11-16)24(2,25)26/h5-6,11-14H,7-10H2,1-4H3. The summed E-state index contributed by atoms with van der Waals surface area (Å²) in [6, 6.07) is 4.28. The van der Waals surface area contributed by atoms with Gasteiger partial charge in [-0.1, -0.05) is 0 Å². The van der Waals surface area contributed by atoms with E-state index in [4.69, 9.17) is 14.5 Å². The van der Waals surface area contributed by atoms with Crippen LogP contribution in [-0.4, -0.2) is 66.3 Å². The van der Waals surface area contributed by atoms with E-state index in [0.29, 0.717) is 60.6 Å². The molecule has 0 N–H and O–H groups in total. The van der Waals surface area contributed by atoms with Gasteiger partial charge in [0.15, 0.2) is 5.82 Å². The number of halogens is 2. The Morgan fingerprint density at radius 1 is 1.17 bits per heavy atom. The number of nitrogens with zero attached hydrogens (tertiary/aromatic N) is 6. The molecule has 1 saturated heterocycles. The van der Waals surface area contributed by atoms with Crippen LogP contribution < -0.4 is 14.5 Å². The normalized spacial score (nSPS) is 14.1. The highest BCUT2D eigenvalue weighted by atomic mass is 19.3. The van der Waals surface area contributed by atoms with Gasteiger partial charge in [-0.25, -0.2) is 9.97 Å². The Morgan fingerprint density at radius 3 is 2.60 bits per heavy atom. The van der Waals surface area contributed by atoms with E-state index in [0.717, 1.165) is 13.0 Å². The van der Waals surface area contributed by atoms with Crippen molar-refractivity contribution in [3.8, 4) is 17.1 Å². The highest BCUT2D eigenvalue weighted by Gasteiger charge is 2.28. The number of rotatable bonds is 6. The van der Waals surface area contributed by atoms with Gasteiger partial charge in [0.05, 0.1) is 44.1 Å². The molecule has 0 unspecified atom stereocenters. The second-order valence-corrected chi connectivity index (χ2v) is 8.20. The molecular formula is C24H26F2N6O3. The summed E-state index contributed by atoms with van der Waals surface area (Å²) in [6.07, 6.45) is 4.34. The summed E-state index contributed by atoms with van der Waals surface area (Å²) in [5.74, 6) is -2.61. The number of carbonyl (C=O) groups excluding carboxylic acids is 1. The third-order valence-electron chi connectivity index (χ3n) is 5.72. The lowest BCUT2D eigenvalue weighted by Gasteiger charge is -2.28. The molecule has 3 aromatic heterocycles. The smallest absolute Gasteiger partial charge is 0.286 e. The number of aryl methyl sites for hydroxylation is 1. The van der Waals surface area contributed by atoms with Crippen LogP contribution in [0.15, 0.2) is 36.8 Å². The largest absolute Gasteiger partial charge is 0.478 e. The van der Waals surface area contributed by atoms with Gasteiger partial charge in [0.1, 0.15) is 5.69 Å². The molecule has 1 aliphatic heterocycles. The minimum Gasteiger partial charge on any atom is -0.478 e. The van der Waals surface area contributed by atoms with E-state index < -0.39 is 17.5 Å². The zero-order chi connectivity index (χ0) is 25.2. The van der Waals surface area contributed by atoms with Crippen LogP contribution in [0.2, 0.25) is 0 Å². The van der Waals surface area contributed by atoms with Crippen molar-refractivity contribution in [1.82, 2.24) is 19.9 Å². The van der Waals surface area contributed by atoms with Gasteiger partial charge in [-0.05, 0) is 25.1 Å². The Hall–Kier alpha value is -3.73. The summed E-state index contributed by atoms with van der Waals surface area (Å²) in [6.45, 7) is 5.06. The molecule has 1 fully saturated rings. The highest BCUT2D eigenvalue weighted by Crippen LogP contribution is 2.31. The predicted molar refractivity (Wildman–Crippen MR) is 126 cm³/mol. The van der Waals surface area contributed by atoms with Gasteiger partial charge < -0.3 is 19.3 Å². The van der Waals surface area contributed by atoms with Crippen molar-refractivity contribution < 1.29 is 23.0 Å². The molecule has 4 heterocycles. The Balaban J connectivity index is 1.67. The first kappa shape index (κ1) is 24.4. The monoisotopic (exact) mass is 484 g/mol. The van der Waals surface area contributed by atoms with Gasteiger partial charge in [0, 0.05) is 50.1 Å². The molecule has 0 bridgehead atoms. The van der Waals surface area contributed by atoms with Crippen molar-refractivity contribution in [2.75, 3.05) is 50.3 Å². The maximum atomic E-state index is 13.7. The van der Waals surface area contributed by atoms with Gasteiger partial charge in [0.25, 0.3) is 17.7 Å². The van der Waals surface area contributed by atoms with E-state index in [1.807, 2.05) is 11.8 Å². The number of hydrogen-bond acceptors (Lipinski definition) is 8. The van der Waals surface area contributed by atoms with Crippen LogP contribution in [0, 0.1) is 6.92 Å². The first-order valence-corrected chi connectivity index (χ1v) is 11.0. The third kappa shape index (κ3) is 5.19. The quantitative estimate of drug-likeness (QED) is 0.525. The number of hydrogen-bond donors (Lipinski definition) is 0. The summed E-state index contributed by atoms with van der Waals surface area (Å²) in [5.41, 5.74) is 2.05. The second kappa shape index (κ2) is 9.87. The van der Waals surface area contributed by atoms with E-state index in [-0.39, 0.29) is 5.56 Å². The second-order valence-electron chi connectivity index (χ2n) is 8.20. The number of pyridine rings is 2. The number of morpholine rings is 1. The Morgan fingerprint density at radius 2 is 1.91 bits per heavy atom. The fraction of sp³-hybridized carbons (Fsp3) is 0.375. The molecule has 0 spiro atoms. The first-order valence-electron chi connectivity index (χ1n) is 11.0. The average molecular weight is 485 g/mol. The molecule has 184 valence electrons. The summed E-state index contributed by atoms with van der Waals surface area (Å²) in [5, 5.41) is 0. The van der Waals surface area contributed by atoms with E-state index in [9.17, 15) is 13.6 Å². The number of alkyl halides is 2. The minimum absolute atomic E-state index is 0.0972. The topological polar surface area (TPSA) is 93.6 Å². The number of amides is 1. The molecule has 0 saturated carbocycles. The van der Waals surface area contributed by atoms with Crippen molar-refractivity contribution >= 4 is 17.4 Å². The molecular weight excluding hydrogens is 458 g/mol. The molecule has 3 aromatic rings. The zero-order valence-electron chi connectivity index (χ0n) is 20.0. The van der Waals surface area contributed by atoms with Gasteiger partial charge in [-0.2, -0.15) is 8.78 Å².